The van der Waals surface area contributed by atoms with Gasteiger partial charge in [-0.15, -0.1) is 0 Å². The Balaban J connectivity index is 1.84. The normalized spacial score (nSPS) is 12.7. The third-order valence-electron chi connectivity index (χ3n) is 5.62. The molecular weight excluding hydrogens is 484 g/mol. The van der Waals surface area contributed by atoms with Gasteiger partial charge in [-0.25, -0.2) is 0 Å². The molecule has 0 fully saturated rings. The first-order valence-corrected chi connectivity index (χ1v) is 12.5. The molecule has 0 aliphatic carbocycles. The van der Waals surface area contributed by atoms with E-state index in [-0.39, 0.29) is 25.2 Å². The minimum atomic E-state index is -0.687. The van der Waals surface area contributed by atoms with Crippen LogP contribution in [0.3, 0.4) is 0 Å². The average Bonchev–Trinajstić information content (AvgIpc) is 2.91. The van der Waals surface area contributed by atoms with Gasteiger partial charge in [0.25, 0.3) is 0 Å². The topological polar surface area (TPSA) is 117 Å². The molecule has 0 unspecified atom stereocenters. The zero-order valence-corrected chi connectivity index (χ0v) is 22.2. The fourth-order valence-corrected chi connectivity index (χ4v) is 3.86. The predicted molar refractivity (Wildman–Crippen MR) is 147 cm³/mol. The number of rotatable bonds is 12. The molecule has 0 aliphatic rings. The first-order chi connectivity index (χ1) is 18.3. The van der Waals surface area contributed by atoms with Crippen LogP contribution in [0.2, 0.25) is 0 Å². The van der Waals surface area contributed by atoms with Crippen LogP contribution in [0.5, 0.6) is 12.0 Å². The Kier molecular flexibility index (Phi) is 8.88. The number of aromatic nitrogens is 4. The van der Waals surface area contributed by atoms with Crippen molar-refractivity contribution in [3.8, 4) is 12.0 Å². The van der Waals surface area contributed by atoms with Crippen molar-refractivity contribution in [2.45, 2.75) is 39.1 Å². The van der Waals surface area contributed by atoms with E-state index in [1.165, 1.54) is 0 Å². The molecular formula is C28H34N6O4. The van der Waals surface area contributed by atoms with Crippen molar-refractivity contribution in [2.24, 2.45) is 0 Å². The Hall–Kier alpha value is -4.02. The molecule has 4 rings (SSSR count). The molecule has 2 aromatic heterocycles. The maximum atomic E-state index is 9.79. The highest BCUT2D eigenvalue weighted by Crippen LogP contribution is 2.32. The second kappa shape index (κ2) is 12.5. The molecule has 0 radical (unpaired) electrons. The van der Waals surface area contributed by atoms with Gasteiger partial charge in [0, 0.05) is 27.2 Å². The standard InChI is InChI=1S/C28H34N6O4/c1-19(35)17-37-27-29-23-24(25(31-27)33(3)15-21-11-7-5-8-12-21)30-28(38-18-20(2)36)32-26(23)34(4)16-22-13-9-6-10-14-22/h5-14,19-20,35-36H,15-18H2,1-4H3/t19-,20+. The first kappa shape index (κ1) is 27.0. The summed E-state index contributed by atoms with van der Waals surface area (Å²) in [6.07, 6.45) is -1.37. The summed E-state index contributed by atoms with van der Waals surface area (Å²) in [5, 5.41) is 19.6. The summed E-state index contributed by atoms with van der Waals surface area (Å²) in [5.74, 6) is 1.05. The van der Waals surface area contributed by atoms with Crippen LogP contribution in [0.4, 0.5) is 11.6 Å². The number of benzene rings is 2. The molecule has 200 valence electrons. The van der Waals surface area contributed by atoms with Crippen molar-refractivity contribution in [2.75, 3.05) is 37.1 Å². The van der Waals surface area contributed by atoms with Crippen LogP contribution >= 0.6 is 0 Å². The summed E-state index contributed by atoms with van der Waals surface area (Å²) in [5.41, 5.74) is 3.15. The van der Waals surface area contributed by atoms with E-state index in [9.17, 15) is 10.2 Å². The van der Waals surface area contributed by atoms with E-state index in [1.54, 1.807) is 13.8 Å². The number of fused-ring (bicyclic) bond motifs is 1. The van der Waals surface area contributed by atoms with Crippen LogP contribution in [0.1, 0.15) is 25.0 Å². The van der Waals surface area contributed by atoms with Crippen molar-refractivity contribution >= 4 is 22.7 Å². The number of hydrogen-bond donors (Lipinski definition) is 2. The van der Waals surface area contributed by atoms with Crippen molar-refractivity contribution in [3.63, 3.8) is 0 Å². The van der Waals surface area contributed by atoms with Gasteiger partial charge in [-0.3, -0.25) is 0 Å². The van der Waals surface area contributed by atoms with Crippen molar-refractivity contribution in [3.05, 3.63) is 71.8 Å². The molecule has 10 nitrogen and oxygen atoms in total. The van der Waals surface area contributed by atoms with Gasteiger partial charge in [0.05, 0.1) is 12.2 Å². The van der Waals surface area contributed by atoms with Crippen molar-refractivity contribution < 1.29 is 19.7 Å². The number of aliphatic hydroxyl groups excluding tert-OH is 2. The molecule has 2 aromatic carbocycles. The van der Waals surface area contributed by atoms with E-state index in [0.29, 0.717) is 35.8 Å². The molecule has 0 saturated heterocycles. The summed E-state index contributed by atoms with van der Waals surface area (Å²) < 4.78 is 11.5. The van der Waals surface area contributed by atoms with Crippen molar-refractivity contribution in [1.82, 2.24) is 19.9 Å². The van der Waals surface area contributed by atoms with Gasteiger partial charge < -0.3 is 29.5 Å². The largest absolute Gasteiger partial charge is 0.461 e. The molecule has 0 saturated carbocycles. The third kappa shape index (κ3) is 7.05. The monoisotopic (exact) mass is 518 g/mol. The fourth-order valence-electron chi connectivity index (χ4n) is 3.86. The molecule has 10 heteroatoms. The molecule has 0 aliphatic heterocycles. The van der Waals surface area contributed by atoms with Gasteiger partial charge >= 0.3 is 12.0 Å². The van der Waals surface area contributed by atoms with Crippen LogP contribution in [0.25, 0.3) is 11.0 Å². The third-order valence-corrected chi connectivity index (χ3v) is 5.62. The van der Waals surface area contributed by atoms with Crippen LogP contribution in [0.15, 0.2) is 60.7 Å². The van der Waals surface area contributed by atoms with Crippen LogP contribution in [-0.2, 0) is 13.1 Å². The van der Waals surface area contributed by atoms with Crippen LogP contribution < -0.4 is 19.3 Å². The Morgan fingerprint density at radius 1 is 0.632 bits per heavy atom. The summed E-state index contributed by atoms with van der Waals surface area (Å²) in [6, 6.07) is 20.3. The second-order valence-corrected chi connectivity index (χ2v) is 9.36. The summed E-state index contributed by atoms with van der Waals surface area (Å²) in [4.78, 5) is 22.5. The lowest BCUT2D eigenvalue weighted by Gasteiger charge is -2.24. The van der Waals surface area contributed by atoms with Gasteiger partial charge in [-0.1, -0.05) is 60.7 Å². The van der Waals surface area contributed by atoms with Crippen LogP contribution in [-0.4, -0.2) is 69.7 Å². The highest BCUT2D eigenvalue weighted by Gasteiger charge is 2.22. The highest BCUT2D eigenvalue weighted by atomic mass is 16.5. The summed E-state index contributed by atoms with van der Waals surface area (Å²) in [6.45, 7) is 4.48. The fraction of sp³-hybridized carbons (Fsp3) is 0.357. The highest BCUT2D eigenvalue weighted by molar-refractivity contribution is 5.93. The van der Waals surface area contributed by atoms with Crippen LogP contribution in [0, 0.1) is 0 Å². The molecule has 2 heterocycles. The van der Waals surface area contributed by atoms with Gasteiger partial charge in [0.2, 0.25) is 0 Å². The van der Waals surface area contributed by atoms with Gasteiger partial charge in [0.15, 0.2) is 11.6 Å². The molecule has 38 heavy (non-hydrogen) atoms. The van der Waals surface area contributed by atoms with E-state index < -0.39 is 12.2 Å². The Morgan fingerprint density at radius 2 is 1.00 bits per heavy atom. The lowest BCUT2D eigenvalue weighted by Crippen LogP contribution is -2.23. The number of hydrogen-bond acceptors (Lipinski definition) is 10. The number of nitrogens with zero attached hydrogens (tertiary/aromatic N) is 6. The van der Waals surface area contributed by atoms with E-state index in [4.69, 9.17) is 9.47 Å². The predicted octanol–water partition coefficient (Wildman–Crippen LogP) is 3.21. The molecule has 4 aromatic rings. The van der Waals surface area contributed by atoms with E-state index in [0.717, 1.165) is 11.1 Å². The quantitative estimate of drug-likeness (QED) is 0.289. The Morgan fingerprint density at radius 3 is 1.34 bits per heavy atom. The molecule has 0 spiro atoms. The lowest BCUT2D eigenvalue weighted by atomic mass is 10.2. The molecule has 0 bridgehead atoms. The zero-order chi connectivity index (χ0) is 27.1. The number of aliphatic hydroxyl groups is 2. The van der Waals surface area contributed by atoms with Gasteiger partial charge in [-0.05, 0) is 25.0 Å². The lowest BCUT2D eigenvalue weighted by molar-refractivity contribution is 0.116. The van der Waals surface area contributed by atoms with E-state index in [1.807, 2.05) is 84.6 Å². The SMILES string of the molecule is C[C@H](O)COc1nc(N(C)Cc2ccccc2)c2nc(OC[C@@H](C)O)nc(N(C)Cc3ccccc3)c2n1. The Labute approximate surface area is 222 Å². The number of ether oxygens (including phenoxy) is 2. The minimum Gasteiger partial charge on any atom is -0.461 e. The maximum Gasteiger partial charge on any atom is 0.319 e. The summed E-state index contributed by atoms with van der Waals surface area (Å²) in [7, 11) is 3.83. The van der Waals surface area contributed by atoms with E-state index in [2.05, 4.69) is 19.9 Å². The summed E-state index contributed by atoms with van der Waals surface area (Å²) >= 11 is 0. The molecule has 0 amide bonds. The average molecular weight is 519 g/mol. The first-order valence-electron chi connectivity index (χ1n) is 12.5. The second-order valence-electron chi connectivity index (χ2n) is 9.36. The molecule has 2 N–H and O–H groups in total. The Bertz CT molecular complexity index is 1220. The van der Waals surface area contributed by atoms with Gasteiger partial charge in [0.1, 0.15) is 24.2 Å². The molecule has 2 atom stereocenters. The smallest absolute Gasteiger partial charge is 0.319 e. The zero-order valence-electron chi connectivity index (χ0n) is 22.2. The van der Waals surface area contributed by atoms with E-state index >= 15 is 0 Å². The minimum absolute atomic E-state index is 0.0406. The van der Waals surface area contributed by atoms with Crippen molar-refractivity contribution in [1.29, 1.82) is 0 Å². The number of anilines is 2. The maximum absolute atomic E-state index is 9.79. The van der Waals surface area contributed by atoms with Gasteiger partial charge in [-0.2, -0.15) is 19.9 Å².